The summed E-state index contributed by atoms with van der Waals surface area (Å²) in [7, 11) is 0. The smallest absolute Gasteiger partial charge is 0.338 e. The van der Waals surface area contributed by atoms with E-state index in [0.717, 1.165) is 10.0 Å². The van der Waals surface area contributed by atoms with Crippen molar-refractivity contribution in [2.24, 2.45) is 10.9 Å². The van der Waals surface area contributed by atoms with Crippen molar-refractivity contribution in [3.63, 3.8) is 0 Å². The van der Waals surface area contributed by atoms with Crippen LogP contribution in [0.3, 0.4) is 0 Å². The van der Waals surface area contributed by atoms with Crippen molar-refractivity contribution in [3.8, 4) is 0 Å². The van der Waals surface area contributed by atoms with E-state index in [2.05, 4.69) is 20.9 Å². The Hall–Kier alpha value is -1.60. The predicted octanol–water partition coefficient (Wildman–Crippen LogP) is 4.30. The van der Waals surface area contributed by atoms with Gasteiger partial charge >= 0.3 is 5.97 Å². The van der Waals surface area contributed by atoms with Crippen LogP contribution >= 0.6 is 27.7 Å². The average Bonchev–Trinajstić information content (AvgIpc) is 2.85. The van der Waals surface area contributed by atoms with Crippen molar-refractivity contribution < 1.29 is 14.3 Å². The topological polar surface area (TPSA) is 59.0 Å². The zero-order valence-corrected chi connectivity index (χ0v) is 17.6. The minimum absolute atomic E-state index is 0.0413. The third-order valence-electron chi connectivity index (χ3n) is 4.19. The summed E-state index contributed by atoms with van der Waals surface area (Å²) in [6.45, 7) is 7.96. The highest BCUT2D eigenvalue weighted by atomic mass is 79.9. The number of amidine groups is 1. The lowest BCUT2D eigenvalue weighted by Crippen LogP contribution is -2.40. The molecule has 7 heteroatoms. The molecular formula is C19H21BrN2O3S. The van der Waals surface area contributed by atoms with Gasteiger partial charge in [-0.25, -0.2) is 9.79 Å². The van der Waals surface area contributed by atoms with Gasteiger partial charge in [0.05, 0.1) is 29.2 Å². The van der Waals surface area contributed by atoms with E-state index in [0.29, 0.717) is 23.0 Å². The molecule has 2 heterocycles. The molecule has 26 heavy (non-hydrogen) atoms. The summed E-state index contributed by atoms with van der Waals surface area (Å²) in [5.41, 5.74) is 1.88. The summed E-state index contributed by atoms with van der Waals surface area (Å²) >= 11 is 4.90. The van der Waals surface area contributed by atoms with Crippen molar-refractivity contribution in [1.29, 1.82) is 0 Å². The van der Waals surface area contributed by atoms with E-state index in [-0.39, 0.29) is 17.1 Å². The Kier molecular flexibility index (Phi) is 5.58. The van der Waals surface area contributed by atoms with Crippen molar-refractivity contribution in [1.82, 2.24) is 4.90 Å². The number of rotatable bonds is 4. The Morgan fingerprint density at radius 3 is 2.81 bits per heavy atom. The average molecular weight is 437 g/mol. The van der Waals surface area contributed by atoms with Crippen LogP contribution in [0.2, 0.25) is 0 Å². The van der Waals surface area contributed by atoms with Crippen LogP contribution in [-0.4, -0.2) is 33.8 Å². The third-order valence-corrected chi connectivity index (χ3v) is 5.74. The molecule has 2 aliphatic rings. The number of ether oxygens (including phenoxy) is 1. The summed E-state index contributed by atoms with van der Waals surface area (Å²) < 4.78 is 6.37. The zero-order valence-electron chi connectivity index (χ0n) is 15.2. The number of nitrogens with zero attached hydrogens (tertiary/aromatic N) is 2. The second kappa shape index (κ2) is 7.56. The van der Waals surface area contributed by atoms with Crippen LogP contribution in [0.25, 0.3) is 0 Å². The molecule has 0 N–H and O–H groups in total. The second-order valence-electron chi connectivity index (χ2n) is 6.81. The number of hydrogen-bond acceptors (Lipinski definition) is 5. The van der Waals surface area contributed by atoms with Gasteiger partial charge in [-0.15, -0.1) is 0 Å². The van der Waals surface area contributed by atoms with Gasteiger partial charge in [0.2, 0.25) is 5.91 Å². The number of esters is 1. The lowest BCUT2D eigenvalue weighted by atomic mass is 9.94. The van der Waals surface area contributed by atoms with Gasteiger partial charge < -0.3 is 4.74 Å². The molecule has 1 aromatic carbocycles. The van der Waals surface area contributed by atoms with E-state index >= 15 is 0 Å². The van der Waals surface area contributed by atoms with Crippen molar-refractivity contribution in [3.05, 3.63) is 45.6 Å². The quantitative estimate of drug-likeness (QED) is 0.660. The molecule has 0 bridgehead atoms. The van der Waals surface area contributed by atoms with Crippen LogP contribution in [0.5, 0.6) is 0 Å². The van der Waals surface area contributed by atoms with Crippen LogP contribution in [0.1, 0.15) is 39.3 Å². The number of fused-ring (bicyclic) bond motifs is 1. The number of halogens is 1. The first-order valence-electron chi connectivity index (χ1n) is 8.51. The van der Waals surface area contributed by atoms with Gasteiger partial charge in [0.1, 0.15) is 0 Å². The summed E-state index contributed by atoms with van der Waals surface area (Å²) in [5.74, 6) is -0.225. The number of carbonyl (C=O) groups is 2. The monoisotopic (exact) mass is 436 g/mol. The number of hydrogen-bond donors (Lipinski definition) is 0. The van der Waals surface area contributed by atoms with Crippen molar-refractivity contribution >= 4 is 44.7 Å². The Labute approximate surface area is 166 Å². The van der Waals surface area contributed by atoms with E-state index in [9.17, 15) is 9.59 Å². The number of aliphatic imine (C=N–C) groups is 1. The van der Waals surface area contributed by atoms with Gasteiger partial charge in [0, 0.05) is 4.47 Å². The van der Waals surface area contributed by atoms with Gasteiger partial charge in [0.25, 0.3) is 0 Å². The highest BCUT2D eigenvalue weighted by Gasteiger charge is 2.46. The highest BCUT2D eigenvalue weighted by molar-refractivity contribution is 9.10. The molecule has 1 saturated heterocycles. The van der Waals surface area contributed by atoms with Gasteiger partial charge in [0.15, 0.2) is 5.17 Å². The largest absolute Gasteiger partial charge is 0.462 e. The highest BCUT2D eigenvalue weighted by Crippen LogP contribution is 2.43. The van der Waals surface area contributed by atoms with E-state index in [1.807, 2.05) is 45.0 Å². The van der Waals surface area contributed by atoms with Crippen molar-refractivity contribution in [2.45, 2.75) is 39.0 Å². The lowest BCUT2D eigenvalue weighted by molar-refractivity contribution is -0.141. The molecule has 0 saturated carbocycles. The Morgan fingerprint density at radius 2 is 2.15 bits per heavy atom. The predicted molar refractivity (Wildman–Crippen MR) is 107 cm³/mol. The molecule has 138 valence electrons. The van der Waals surface area contributed by atoms with Crippen LogP contribution in [0.15, 0.2) is 45.0 Å². The first-order valence-corrected chi connectivity index (χ1v) is 10.2. The van der Waals surface area contributed by atoms with Crippen LogP contribution in [-0.2, 0) is 14.3 Å². The van der Waals surface area contributed by atoms with Crippen LogP contribution < -0.4 is 0 Å². The van der Waals surface area contributed by atoms with Gasteiger partial charge in [-0.05, 0) is 37.5 Å². The Balaban J connectivity index is 2.08. The molecule has 0 spiro atoms. The Bertz CT molecular complexity index is 819. The SMILES string of the molecule is CC1=C(C(=O)OCC(C)C)[C@@H](c2cccc(Br)c2)N2C(=O)[C@@H](C)SC2=N1. The summed E-state index contributed by atoms with van der Waals surface area (Å²) in [4.78, 5) is 31.8. The number of thioether (sulfide) groups is 1. The number of allylic oxidation sites excluding steroid dienone is 1. The minimum atomic E-state index is -0.524. The summed E-state index contributed by atoms with van der Waals surface area (Å²) in [6, 6.07) is 7.14. The fraction of sp³-hybridized carbons (Fsp3) is 0.421. The van der Waals surface area contributed by atoms with Crippen molar-refractivity contribution in [2.75, 3.05) is 6.61 Å². The first kappa shape index (κ1) is 19.2. The van der Waals surface area contributed by atoms with Crippen LogP contribution in [0, 0.1) is 5.92 Å². The minimum Gasteiger partial charge on any atom is -0.462 e. The molecular weight excluding hydrogens is 416 g/mol. The summed E-state index contributed by atoms with van der Waals surface area (Å²) in [6.07, 6.45) is 0. The summed E-state index contributed by atoms with van der Waals surface area (Å²) in [5, 5.41) is 0.424. The molecule has 2 atom stereocenters. The molecule has 1 fully saturated rings. The lowest BCUT2D eigenvalue weighted by Gasteiger charge is -2.33. The normalized spacial score (nSPS) is 22.6. The molecule has 0 radical (unpaired) electrons. The molecule has 2 aliphatic heterocycles. The van der Waals surface area contributed by atoms with E-state index < -0.39 is 12.0 Å². The molecule has 1 amide bonds. The molecule has 0 aromatic heterocycles. The fourth-order valence-electron chi connectivity index (χ4n) is 2.98. The maximum atomic E-state index is 12.9. The molecule has 3 rings (SSSR count). The molecule has 1 aromatic rings. The molecule has 0 unspecified atom stereocenters. The first-order chi connectivity index (χ1) is 12.3. The van der Waals surface area contributed by atoms with Gasteiger partial charge in [-0.3, -0.25) is 9.69 Å². The Morgan fingerprint density at radius 1 is 1.42 bits per heavy atom. The maximum absolute atomic E-state index is 12.9. The molecule has 5 nitrogen and oxygen atoms in total. The standard InChI is InChI=1S/C19H21BrN2O3S/c1-10(2)9-25-18(24)15-11(3)21-19-22(17(23)12(4)26-19)16(15)13-6-5-7-14(20)8-13/h5-8,10,12,16H,9H2,1-4H3/t12-,16-/m1/s1. The maximum Gasteiger partial charge on any atom is 0.338 e. The fourth-order valence-corrected chi connectivity index (χ4v) is 4.42. The van der Waals surface area contributed by atoms with E-state index in [1.165, 1.54) is 11.8 Å². The zero-order chi connectivity index (χ0) is 19.0. The van der Waals surface area contributed by atoms with E-state index in [4.69, 9.17) is 4.74 Å². The van der Waals surface area contributed by atoms with E-state index in [1.54, 1.807) is 11.8 Å². The van der Waals surface area contributed by atoms with Crippen LogP contribution in [0.4, 0.5) is 0 Å². The number of benzene rings is 1. The van der Waals surface area contributed by atoms with Gasteiger partial charge in [-0.2, -0.15) is 0 Å². The second-order valence-corrected chi connectivity index (χ2v) is 9.04. The molecule has 0 aliphatic carbocycles. The number of amides is 1. The van der Waals surface area contributed by atoms with Gasteiger partial charge in [-0.1, -0.05) is 53.7 Å². The number of carbonyl (C=O) groups excluding carboxylic acids is 2. The third kappa shape index (κ3) is 3.60.